The van der Waals surface area contributed by atoms with Crippen LogP contribution in [0.5, 0.6) is 0 Å². The van der Waals surface area contributed by atoms with E-state index in [2.05, 4.69) is 52.0 Å². The Bertz CT molecular complexity index is 396. The zero-order chi connectivity index (χ0) is 14.5. The van der Waals surface area contributed by atoms with E-state index in [1.54, 1.807) is 0 Å². The number of rotatable bonds is 6. The van der Waals surface area contributed by atoms with Gasteiger partial charge in [0.15, 0.2) is 0 Å². The monoisotopic (exact) mass is 261 g/mol. The number of benzene rings is 1. The minimum atomic E-state index is 0.162. The first-order valence-electron chi connectivity index (χ1n) is 7.18. The van der Waals surface area contributed by atoms with E-state index >= 15 is 0 Å². The van der Waals surface area contributed by atoms with E-state index in [9.17, 15) is 4.79 Å². The fraction of sp³-hybridized carbons (Fsp3) is 0.588. The summed E-state index contributed by atoms with van der Waals surface area (Å²) < 4.78 is 0. The molecular formula is C17H27NO. The molecule has 0 heterocycles. The molecule has 0 aliphatic rings. The lowest BCUT2D eigenvalue weighted by Gasteiger charge is -2.19. The Hall–Kier alpha value is -1.15. The number of hydrogen-bond donors (Lipinski definition) is 1. The van der Waals surface area contributed by atoms with Gasteiger partial charge in [0.2, 0.25) is 0 Å². The number of Topliss-reactive ketones (excluding diaryl/α,β-unsaturated/α-hetero) is 1. The lowest BCUT2D eigenvalue weighted by Crippen LogP contribution is -2.18. The zero-order valence-corrected chi connectivity index (χ0v) is 12.7. The van der Waals surface area contributed by atoms with Crippen LogP contribution < -0.4 is 5.73 Å². The van der Waals surface area contributed by atoms with Gasteiger partial charge >= 0.3 is 0 Å². The van der Waals surface area contributed by atoms with Crippen molar-refractivity contribution >= 4 is 5.78 Å². The van der Waals surface area contributed by atoms with Crippen LogP contribution in [0, 0.1) is 5.92 Å². The summed E-state index contributed by atoms with van der Waals surface area (Å²) in [6.45, 7) is 9.27. The average molecular weight is 261 g/mol. The Kier molecular flexibility index (Phi) is 5.74. The molecule has 19 heavy (non-hydrogen) atoms. The summed E-state index contributed by atoms with van der Waals surface area (Å²) in [7, 11) is 0. The summed E-state index contributed by atoms with van der Waals surface area (Å²) in [4.78, 5) is 12.0. The molecule has 0 aliphatic heterocycles. The van der Waals surface area contributed by atoms with Gasteiger partial charge in [-0.1, -0.05) is 58.4 Å². The van der Waals surface area contributed by atoms with Gasteiger partial charge < -0.3 is 5.73 Å². The fourth-order valence-electron chi connectivity index (χ4n) is 2.14. The van der Waals surface area contributed by atoms with Gasteiger partial charge in [0.25, 0.3) is 0 Å². The molecule has 0 aliphatic carbocycles. The maximum Gasteiger partial charge on any atom is 0.137 e. The minimum Gasteiger partial charge on any atom is -0.330 e. The summed E-state index contributed by atoms with van der Waals surface area (Å²) in [6, 6.07) is 8.40. The van der Waals surface area contributed by atoms with Gasteiger partial charge in [-0.25, -0.2) is 0 Å². The SMILES string of the molecule is CCC(CN)CC(=O)Cc1ccc(C(C)(C)C)cc1. The van der Waals surface area contributed by atoms with E-state index in [1.165, 1.54) is 5.56 Å². The Morgan fingerprint density at radius 3 is 2.21 bits per heavy atom. The van der Waals surface area contributed by atoms with Crippen molar-refractivity contribution in [3.8, 4) is 0 Å². The topological polar surface area (TPSA) is 43.1 Å². The van der Waals surface area contributed by atoms with E-state index in [-0.39, 0.29) is 5.41 Å². The molecule has 1 atom stereocenters. The summed E-state index contributed by atoms with van der Waals surface area (Å²) in [5.41, 5.74) is 8.21. The Balaban J connectivity index is 2.61. The van der Waals surface area contributed by atoms with Crippen molar-refractivity contribution in [2.24, 2.45) is 11.7 Å². The molecule has 1 unspecified atom stereocenters. The van der Waals surface area contributed by atoms with Crippen LogP contribution in [0.3, 0.4) is 0 Å². The molecule has 2 heteroatoms. The Labute approximate surface area is 117 Å². The van der Waals surface area contributed by atoms with E-state index < -0.39 is 0 Å². The molecule has 1 aromatic rings. The van der Waals surface area contributed by atoms with Gasteiger partial charge in [-0.15, -0.1) is 0 Å². The lowest BCUT2D eigenvalue weighted by molar-refractivity contribution is -0.119. The first-order valence-corrected chi connectivity index (χ1v) is 7.18. The van der Waals surface area contributed by atoms with Crippen molar-refractivity contribution in [2.45, 2.75) is 52.4 Å². The third kappa shape index (κ3) is 5.15. The van der Waals surface area contributed by atoms with Crippen molar-refractivity contribution in [2.75, 3.05) is 6.54 Å². The predicted octanol–water partition coefficient (Wildman–Crippen LogP) is 3.47. The van der Waals surface area contributed by atoms with Crippen LogP contribution in [0.2, 0.25) is 0 Å². The fourth-order valence-corrected chi connectivity index (χ4v) is 2.14. The summed E-state index contributed by atoms with van der Waals surface area (Å²) in [6.07, 6.45) is 2.11. The van der Waals surface area contributed by atoms with Gasteiger partial charge in [-0.2, -0.15) is 0 Å². The molecular weight excluding hydrogens is 234 g/mol. The number of ketones is 1. The second kappa shape index (κ2) is 6.85. The normalized spacial score (nSPS) is 13.3. The van der Waals surface area contributed by atoms with Gasteiger partial charge in [-0.05, 0) is 29.0 Å². The van der Waals surface area contributed by atoms with E-state index in [4.69, 9.17) is 5.73 Å². The number of carbonyl (C=O) groups is 1. The van der Waals surface area contributed by atoms with Gasteiger partial charge in [0.1, 0.15) is 5.78 Å². The Morgan fingerprint density at radius 1 is 1.21 bits per heavy atom. The van der Waals surface area contributed by atoms with Crippen molar-refractivity contribution in [3.63, 3.8) is 0 Å². The van der Waals surface area contributed by atoms with E-state index in [1.807, 2.05) is 0 Å². The van der Waals surface area contributed by atoms with Crippen molar-refractivity contribution in [1.82, 2.24) is 0 Å². The van der Waals surface area contributed by atoms with Crippen molar-refractivity contribution in [1.29, 1.82) is 0 Å². The van der Waals surface area contributed by atoms with E-state index in [0.29, 0.717) is 31.1 Å². The number of hydrogen-bond acceptors (Lipinski definition) is 2. The van der Waals surface area contributed by atoms with Crippen molar-refractivity contribution < 1.29 is 4.79 Å². The Morgan fingerprint density at radius 2 is 1.79 bits per heavy atom. The molecule has 2 N–H and O–H groups in total. The van der Waals surface area contributed by atoms with Gasteiger partial charge in [0.05, 0.1) is 0 Å². The molecule has 0 fully saturated rings. The van der Waals surface area contributed by atoms with Gasteiger partial charge in [-0.3, -0.25) is 4.79 Å². The second-order valence-corrected chi connectivity index (χ2v) is 6.38. The third-order valence-corrected chi connectivity index (χ3v) is 3.65. The lowest BCUT2D eigenvalue weighted by atomic mass is 9.86. The van der Waals surface area contributed by atoms with Crippen LogP contribution in [0.25, 0.3) is 0 Å². The van der Waals surface area contributed by atoms with Crippen LogP contribution in [-0.2, 0) is 16.6 Å². The molecule has 0 aromatic heterocycles. The first-order chi connectivity index (χ1) is 8.86. The molecule has 0 saturated heterocycles. The van der Waals surface area contributed by atoms with Crippen LogP contribution in [0.4, 0.5) is 0 Å². The molecule has 0 amide bonds. The quantitative estimate of drug-likeness (QED) is 0.852. The molecule has 0 radical (unpaired) electrons. The summed E-state index contributed by atoms with van der Waals surface area (Å²) in [5.74, 6) is 0.627. The van der Waals surface area contributed by atoms with Crippen LogP contribution in [0.15, 0.2) is 24.3 Å². The number of nitrogens with two attached hydrogens (primary N) is 1. The highest BCUT2D eigenvalue weighted by Crippen LogP contribution is 2.22. The maximum atomic E-state index is 12.0. The van der Waals surface area contributed by atoms with Crippen LogP contribution in [-0.4, -0.2) is 12.3 Å². The molecule has 0 saturated carbocycles. The highest BCUT2D eigenvalue weighted by Gasteiger charge is 2.14. The third-order valence-electron chi connectivity index (χ3n) is 3.65. The first kappa shape index (κ1) is 15.9. The molecule has 0 bridgehead atoms. The molecule has 1 rings (SSSR count). The standard InChI is InChI=1S/C17H27NO/c1-5-13(12-18)10-16(19)11-14-6-8-15(9-7-14)17(2,3)4/h6-9,13H,5,10-12,18H2,1-4H3. The molecule has 106 valence electrons. The molecule has 0 spiro atoms. The van der Waals surface area contributed by atoms with Crippen LogP contribution >= 0.6 is 0 Å². The zero-order valence-electron chi connectivity index (χ0n) is 12.7. The second-order valence-electron chi connectivity index (χ2n) is 6.38. The highest BCUT2D eigenvalue weighted by molar-refractivity contribution is 5.81. The summed E-state index contributed by atoms with van der Waals surface area (Å²) >= 11 is 0. The minimum absolute atomic E-state index is 0.162. The molecule has 1 aromatic carbocycles. The van der Waals surface area contributed by atoms with Crippen molar-refractivity contribution in [3.05, 3.63) is 35.4 Å². The maximum absolute atomic E-state index is 12.0. The smallest absolute Gasteiger partial charge is 0.137 e. The van der Waals surface area contributed by atoms with E-state index in [0.717, 1.165) is 12.0 Å². The van der Waals surface area contributed by atoms with Crippen LogP contribution in [0.1, 0.15) is 51.7 Å². The number of carbonyl (C=O) groups excluding carboxylic acids is 1. The predicted molar refractivity (Wildman–Crippen MR) is 81.3 cm³/mol. The average Bonchev–Trinajstić information content (AvgIpc) is 2.35. The largest absolute Gasteiger partial charge is 0.330 e. The highest BCUT2D eigenvalue weighted by atomic mass is 16.1. The summed E-state index contributed by atoms with van der Waals surface area (Å²) in [5, 5.41) is 0. The molecule has 2 nitrogen and oxygen atoms in total. The van der Waals surface area contributed by atoms with Gasteiger partial charge in [0, 0.05) is 12.8 Å².